The molecule has 0 radical (unpaired) electrons. The lowest BCUT2D eigenvalue weighted by Crippen LogP contribution is -2.28. The highest BCUT2D eigenvalue weighted by atomic mass is 32.2. The third-order valence-corrected chi connectivity index (χ3v) is 7.22. The van der Waals surface area contributed by atoms with Crippen molar-refractivity contribution in [3.8, 4) is 0 Å². The molecule has 0 unspecified atom stereocenters. The van der Waals surface area contributed by atoms with Crippen molar-refractivity contribution in [2.45, 2.75) is 25.2 Å². The highest BCUT2D eigenvalue weighted by Crippen LogP contribution is 2.33. The van der Waals surface area contributed by atoms with Crippen molar-refractivity contribution in [3.63, 3.8) is 0 Å². The van der Waals surface area contributed by atoms with Crippen molar-refractivity contribution in [1.29, 1.82) is 0 Å². The molecule has 0 spiro atoms. The molecule has 1 aliphatic rings. The number of amides is 1. The Morgan fingerprint density at radius 3 is 2.68 bits per heavy atom. The van der Waals surface area contributed by atoms with Gasteiger partial charge < -0.3 is 4.90 Å². The van der Waals surface area contributed by atoms with Crippen LogP contribution in [0.15, 0.2) is 58.8 Å². The topological polar surface area (TPSA) is 66.5 Å². The van der Waals surface area contributed by atoms with Crippen LogP contribution in [0, 0.1) is 13.8 Å². The number of aryl methyl sites for hydroxylation is 2. The SMILES string of the molecule is Cc1ccc(C)c(S(=O)(=O)Nc2ccc3c(c2)CCN3C(=O)c2cccs2)c1. The maximum atomic E-state index is 12.8. The molecule has 4 rings (SSSR count). The average molecular weight is 413 g/mol. The third-order valence-electron chi connectivity index (χ3n) is 4.84. The first-order valence-corrected chi connectivity index (χ1v) is 11.3. The van der Waals surface area contributed by atoms with E-state index in [0.29, 0.717) is 29.1 Å². The summed E-state index contributed by atoms with van der Waals surface area (Å²) >= 11 is 1.42. The number of carbonyl (C=O) groups excluding carboxylic acids is 1. The van der Waals surface area contributed by atoms with Gasteiger partial charge in [0.2, 0.25) is 0 Å². The lowest BCUT2D eigenvalue weighted by molar-refractivity contribution is 0.0993. The maximum absolute atomic E-state index is 12.8. The monoisotopic (exact) mass is 412 g/mol. The minimum Gasteiger partial charge on any atom is -0.307 e. The Labute approximate surface area is 168 Å². The van der Waals surface area contributed by atoms with Gasteiger partial charge >= 0.3 is 0 Å². The van der Waals surface area contributed by atoms with Crippen LogP contribution in [0.1, 0.15) is 26.4 Å². The largest absolute Gasteiger partial charge is 0.307 e. The summed E-state index contributed by atoms with van der Waals surface area (Å²) in [7, 11) is -3.68. The number of rotatable bonds is 4. The lowest BCUT2D eigenvalue weighted by atomic mass is 10.1. The van der Waals surface area contributed by atoms with Crippen molar-refractivity contribution in [1.82, 2.24) is 0 Å². The van der Waals surface area contributed by atoms with Gasteiger partial charge in [-0.25, -0.2) is 8.42 Å². The van der Waals surface area contributed by atoms with Crippen LogP contribution in [-0.2, 0) is 16.4 Å². The molecule has 1 amide bonds. The maximum Gasteiger partial charge on any atom is 0.268 e. The molecule has 5 nitrogen and oxygen atoms in total. The second-order valence-corrected chi connectivity index (χ2v) is 9.50. The van der Waals surface area contributed by atoms with Crippen molar-refractivity contribution in [3.05, 3.63) is 75.5 Å². The summed E-state index contributed by atoms with van der Waals surface area (Å²) in [6.45, 7) is 4.25. The van der Waals surface area contributed by atoms with E-state index in [1.807, 2.05) is 42.6 Å². The average Bonchev–Trinajstić information content (AvgIpc) is 3.32. The fourth-order valence-electron chi connectivity index (χ4n) is 3.42. The van der Waals surface area contributed by atoms with Crippen LogP contribution in [-0.4, -0.2) is 20.9 Å². The van der Waals surface area contributed by atoms with Crippen molar-refractivity contribution >= 4 is 38.6 Å². The first-order valence-electron chi connectivity index (χ1n) is 8.93. The van der Waals surface area contributed by atoms with Gasteiger partial charge in [0, 0.05) is 17.9 Å². The Hall–Kier alpha value is -2.64. The van der Waals surface area contributed by atoms with E-state index in [1.165, 1.54) is 11.3 Å². The molecule has 0 aliphatic carbocycles. The van der Waals surface area contributed by atoms with E-state index in [1.54, 1.807) is 30.0 Å². The Morgan fingerprint density at radius 2 is 1.93 bits per heavy atom. The molecule has 0 saturated carbocycles. The van der Waals surface area contributed by atoms with Gasteiger partial charge in [-0.2, -0.15) is 0 Å². The van der Waals surface area contributed by atoms with Gasteiger partial charge in [-0.3, -0.25) is 9.52 Å². The molecule has 0 fully saturated rings. The Morgan fingerprint density at radius 1 is 1.11 bits per heavy atom. The van der Waals surface area contributed by atoms with Gasteiger partial charge in [0.15, 0.2) is 0 Å². The molecule has 2 aromatic carbocycles. The fourth-order valence-corrected chi connectivity index (χ4v) is 5.47. The number of carbonyl (C=O) groups is 1. The van der Waals surface area contributed by atoms with Gasteiger partial charge in [0.25, 0.3) is 15.9 Å². The summed E-state index contributed by atoms with van der Waals surface area (Å²) in [4.78, 5) is 15.4. The van der Waals surface area contributed by atoms with Crippen LogP contribution in [0.5, 0.6) is 0 Å². The highest BCUT2D eigenvalue weighted by Gasteiger charge is 2.27. The Bertz CT molecular complexity index is 1150. The second-order valence-electron chi connectivity index (χ2n) is 6.90. The molecule has 3 aromatic rings. The number of benzene rings is 2. The summed E-state index contributed by atoms with van der Waals surface area (Å²) in [6.07, 6.45) is 0.700. The molecule has 28 heavy (non-hydrogen) atoms. The van der Waals surface area contributed by atoms with E-state index in [-0.39, 0.29) is 10.8 Å². The van der Waals surface area contributed by atoms with Gasteiger partial charge in [-0.05, 0) is 72.7 Å². The molecule has 1 aromatic heterocycles. The summed E-state index contributed by atoms with van der Waals surface area (Å²) in [5.74, 6) is -0.0162. The molecule has 0 atom stereocenters. The molecule has 1 aliphatic heterocycles. The summed E-state index contributed by atoms with van der Waals surface area (Å²) in [5, 5.41) is 1.88. The number of sulfonamides is 1. The Balaban J connectivity index is 1.60. The number of fused-ring (bicyclic) bond motifs is 1. The molecule has 7 heteroatoms. The van der Waals surface area contributed by atoms with E-state index >= 15 is 0 Å². The van der Waals surface area contributed by atoms with E-state index < -0.39 is 10.0 Å². The molecular weight excluding hydrogens is 392 g/mol. The summed E-state index contributed by atoms with van der Waals surface area (Å²) < 4.78 is 28.3. The highest BCUT2D eigenvalue weighted by molar-refractivity contribution is 7.92. The van der Waals surface area contributed by atoms with Crippen molar-refractivity contribution < 1.29 is 13.2 Å². The van der Waals surface area contributed by atoms with Crippen LogP contribution in [0.2, 0.25) is 0 Å². The summed E-state index contributed by atoms with van der Waals surface area (Å²) in [6, 6.07) is 14.4. The molecule has 0 saturated heterocycles. The van der Waals surface area contributed by atoms with Crippen LogP contribution >= 0.6 is 11.3 Å². The molecule has 1 N–H and O–H groups in total. The number of nitrogens with zero attached hydrogens (tertiary/aromatic N) is 1. The standard InChI is InChI=1S/C21H20N2O3S2/c1-14-5-6-15(2)20(12-14)28(25,26)22-17-7-8-18-16(13-17)9-10-23(18)21(24)19-4-3-11-27-19/h3-8,11-13,22H,9-10H2,1-2H3. The van der Waals surface area contributed by atoms with Gasteiger partial charge in [0.1, 0.15) is 0 Å². The second kappa shape index (κ2) is 7.07. The minimum atomic E-state index is -3.68. The van der Waals surface area contributed by atoms with E-state index in [9.17, 15) is 13.2 Å². The zero-order valence-electron chi connectivity index (χ0n) is 15.6. The van der Waals surface area contributed by atoms with Crippen LogP contribution in [0.25, 0.3) is 0 Å². The van der Waals surface area contributed by atoms with Gasteiger partial charge in [-0.1, -0.05) is 18.2 Å². The first-order chi connectivity index (χ1) is 13.3. The number of nitrogens with one attached hydrogen (secondary N) is 1. The fraction of sp³-hybridized carbons (Fsp3) is 0.190. The molecule has 0 bridgehead atoms. The zero-order chi connectivity index (χ0) is 19.9. The normalized spacial score (nSPS) is 13.4. The predicted molar refractivity (Wildman–Crippen MR) is 113 cm³/mol. The van der Waals surface area contributed by atoms with Crippen molar-refractivity contribution in [2.24, 2.45) is 0 Å². The number of hydrogen-bond donors (Lipinski definition) is 1. The van der Waals surface area contributed by atoms with Crippen LogP contribution < -0.4 is 9.62 Å². The molecule has 144 valence electrons. The number of hydrogen-bond acceptors (Lipinski definition) is 4. The van der Waals surface area contributed by atoms with Gasteiger partial charge in [0.05, 0.1) is 9.77 Å². The van der Waals surface area contributed by atoms with E-state index in [2.05, 4.69) is 4.72 Å². The smallest absolute Gasteiger partial charge is 0.268 e. The predicted octanol–water partition coefficient (Wildman–Crippen LogP) is 4.37. The van der Waals surface area contributed by atoms with E-state index in [0.717, 1.165) is 16.8 Å². The van der Waals surface area contributed by atoms with Gasteiger partial charge in [-0.15, -0.1) is 11.3 Å². The molecular formula is C21H20N2O3S2. The summed E-state index contributed by atoms with van der Waals surface area (Å²) in [5.41, 5.74) is 3.90. The quantitative estimate of drug-likeness (QED) is 0.692. The first kappa shape index (κ1) is 18.7. The third kappa shape index (κ3) is 3.43. The zero-order valence-corrected chi connectivity index (χ0v) is 17.2. The lowest BCUT2D eigenvalue weighted by Gasteiger charge is -2.17. The van der Waals surface area contributed by atoms with Crippen molar-refractivity contribution in [2.75, 3.05) is 16.2 Å². The Kier molecular flexibility index (Phi) is 4.72. The van der Waals surface area contributed by atoms with Crippen LogP contribution in [0.4, 0.5) is 11.4 Å². The number of anilines is 2. The van der Waals surface area contributed by atoms with E-state index in [4.69, 9.17) is 0 Å². The number of thiophene rings is 1. The molecule has 2 heterocycles. The van der Waals surface area contributed by atoms with Crippen LogP contribution in [0.3, 0.4) is 0 Å². The minimum absolute atomic E-state index is 0.0162.